The second kappa shape index (κ2) is 4.89. The van der Waals surface area contributed by atoms with E-state index in [2.05, 4.69) is 4.90 Å². The fourth-order valence-electron chi connectivity index (χ4n) is 1.89. The summed E-state index contributed by atoms with van der Waals surface area (Å²) in [6, 6.07) is 4.55. The third-order valence-electron chi connectivity index (χ3n) is 2.91. The van der Waals surface area contributed by atoms with E-state index < -0.39 is 11.6 Å². The van der Waals surface area contributed by atoms with Gasteiger partial charge in [0.25, 0.3) is 0 Å². The number of benzene rings is 1. The van der Waals surface area contributed by atoms with Gasteiger partial charge in [0, 0.05) is 24.7 Å². The predicted molar refractivity (Wildman–Crippen MR) is 57.0 cm³/mol. The van der Waals surface area contributed by atoms with Crippen LogP contribution in [0.25, 0.3) is 0 Å². The van der Waals surface area contributed by atoms with Crippen LogP contribution in [-0.2, 0) is 11.3 Å². The molecule has 0 aromatic heterocycles. The Labute approximate surface area is 93.8 Å². The first-order valence-electron chi connectivity index (χ1n) is 5.43. The summed E-state index contributed by atoms with van der Waals surface area (Å²) in [4.78, 5) is 2.10. The number of hydrogen-bond acceptors (Lipinski definition) is 2. The van der Waals surface area contributed by atoms with E-state index in [4.69, 9.17) is 4.74 Å². The van der Waals surface area contributed by atoms with Crippen molar-refractivity contribution in [2.75, 3.05) is 19.8 Å². The monoisotopic (exact) mass is 227 g/mol. The molecule has 2 rings (SSSR count). The van der Waals surface area contributed by atoms with Gasteiger partial charge in [0.2, 0.25) is 0 Å². The van der Waals surface area contributed by atoms with Gasteiger partial charge in [-0.2, -0.15) is 0 Å². The van der Waals surface area contributed by atoms with E-state index in [1.54, 1.807) is 12.1 Å². The average molecular weight is 227 g/mol. The fraction of sp³-hybridized carbons (Fsp3) is 0.500. The second-order valence-electron chi connectivity index (χ2n) is 4.11. The molecule has 4 heteroatoms. The van der Waals surface area contributed by atoms with Crippen LogP contribution < -0.4 is 0 Å². The van der Waals surface area contributed by atoms with Gasteiger partial charge in [0.15, 0.2) is 11.6 Å². The van der Waals surface area contributed by atoms with Crippen LogP contribution in [0, 0.1) is 11.6 Å². The molecule has 1 fully saturated rings. The normalized spacial score (nSPS) is 22.3. The van der Waals surface area contributed by atoms with Gasteiger partial charge in [0.1, 0.15) is 0 Å². The Kier molecular flexibility index (Phi) is 3.51. The lowest BCUT2D eigenvalue weighted by molar-refractivity contribution is -0.00487. The third kappa shape index (κ3) is 2.39. The van der Waals surface area contributed by atoms with Crippen molar-refractivity contribution in [1.82, 2.24) is 4.90 Å². The molecule has 1 aromatic rings. The van der Waals surface area contributed by atoms with Gasteiger partial charge in [-0.25, -0.2) is 8.78 Å². The SMILES string of the molecule is CC1COCCN1Cc1cccc(F)c1F. The molecular weight excluding hydrogens is 212 g/mol. The van der Waals surface area contributed by atoms with E-state index in [9.17, 15) is 8.78 Å². The molecule has 1 aromatic carbocycles. The van der Waals surface area contributed by atoms with Crippen molar-refractivity contribution in [1.29, 1.82) is 0 Å². The molecule has 0 spiro atoms. The molecule has 1 unspecified atom stereocenters. The average Bonchev–Trinajstić information content (AvgIpc) is 2.28. The number of morpholine rings is 1. The van der Waals surface area contributed by atoms with Crippen molar-refractivity contribution in [3.8, 4) is 0 Å². The van der Waals surface area contributed by atoms with Crippen molar-refractivity contribution < 1.29 is 13.5 Å². The summed E-state index contributed by atoms with van der Waals surface area (Å²) in [6.07, 6.45) is 0. The van der Waals surface area contributed by atoms with Crippen LogP contribution in [0.5, 0.6) is 0 Å². The Hall–Kier alpha value is -1.00. The first-order valence-corrected chi connectivity index (χ1v) is 5.43. The van der Waals surface area contributed by atoms with Crippen LogP contribution in [-0.4, -0.2) is 30.7 Å². The summed E-state index contributed by atoms with van der Waals surface area (Å²) in [7, 11) is 0. The first-order chi connectivity index (χ1) is 7.68. The molecule has 1 aliphatic rings. The van der Waals surface area contributed by atoms with E-state index in [0.717, 1.165) is 12.6 Å². The molecule has 0 bridgehead atoms. The lowest BCUT2D eigenvalue weighted by Crippen LogP contribution is -2.43. The maximum Gasteiger partial charge on any atom is 0.163 e. The Morgan fingerprint density at radius 2 is 2.25 bits per heavy atom. The highest BCUT2D eigenvalue weighted by atomic mass is 19.2. The Morgan fingerprint density at radius 1 is 1.44 bits per heavy atom. The van der Waals surface area contributed by atoms with Gasteiger partial charge in [-0.1, -0.05) is 12.1 Å². The highest BCUT2D eigenvalue weighted by molar-refractivity contribution is 5.19. The Bertz CT molecular complexity index is 370. The van der Waals surface area contributed by atoms with E-state index in [1.807, 2.05) is 6.92 Å². The minimum atomic E-state index is -0.779. The molecular formula is C12H15F2NO. The van der Waals surface area contributed by atoms with Gasteiger partial charge < -0.3 is 4.74 Å². The summed E-state index contributed by atoms with van der Waals surface area (Å²) in [5.74, 6) is -1.51. The smallest absolute Gasteiger partial charge is 0.163 e. The standard InChI is InChI=1S/C12H15F2NO/c1-9-8-16-6-5-15(9)7-10-3-2-4-11(13)12(10)14/h2-4,9H,5-8H2,1H3. The highest BCUT2D eigenvalue weighted by Crippen LogP contribution is 2.16. The minimum Gasteiger partial charge on any atom is -0.379 e. The largest absolute Gasteiger partial charge is 0.379 e. The van der Waals surface area contributed by atoms with Gasteiger partial charge in [-0.05, 0) is 13.0 Å². The topological polar surface area (TPSA) is 12.5 Å². The molecule has 88 valence electrons. The molecule has 16 heavy (non-hydrogen) atoms. The molecule has 0 radical (unpaired) electrons. The Morgan fingerprint density at radius 3 is 3.00 bits per heavy atom. The summed E-state index contributed by atoms with van der Waals surface area (Å²) in [5, 5.41) is 0. The number of halogens is 2. The predicted octanol–water partition coefficient (Wildman–Crippen LogP) is 2.19. The molecule has 1 heterocycles. The van der Waals surface area contributed by atoms with Crippen LogP contribution in [0.15, 0.2) is 18.2 Å². The molecule has 1 saturated heterocycles. The highest BCUT2D eigenvalue weighted by Gasteiger charge is 2.20. The molecule has 2 nitrogen and oxygen atoms in total. The minimum absolute atomic E-state index is 0.247. The van der Waals surface area contributed by atoms with Crippen molar-refractivity contribution in [2.24, 2.45) is 0 Å². The van der Waals surface area contributed by atoms with Crippen LogP contribution in [0.2, 0.25) is 0 Å². The van der Waals surface area contributed by atoms with Crippen LogP contribution in [0.4, 0.5) is 8.78 Å². The third-order valence-corrected chi connectivity index (χ3v) is 2.91. The van der Waals surface area contributed by atoms with Gasteiger partial charge in [0.05, 0.1) is 13.2 Å². The maximum atomic E-state index is 13.5. The van der Waals surface area contributed by atoms with Gasteiger partial charge >= 0.3 is 0 Å². The fourth-order valence-corrected chi connectivity index (χ4v) is 1.89. The van der Waals surface area contributed by atoms with Crippen molar-refractivity contribution >= 4 is 0 Å². The van der Waals surface area contributed by atoms with Crippen LogP contribution in [0.1, 0.15) is 12.5 Å². The quantitative estimate of drug-likeness (QED) is 0.768. The number of nitrogens with zero attached hydrogens (tertiary/aromatic N) is 1. The zero-order valence-electron chi connectivity index (χ0n) is 9.25. The molecule has 0 amide bonds. The molecule has 1 atom stereocenters. The lowest BCUT2D eigenvalue weighted by Gasteiger charge is -2.33. The Balaban J connectivity index is 2.10. The van der Waals surface area contributed by atoms with E-state index in [0.29, 0.717) is 25.3 Å². The van der Waals surface area contributed by atoms with Crippen molar-refractivity contribution in [3.63, 3.8) is 0 Å². The van der Waals surface area contributed by atoms with E-state index >= 15 is 0 Å². The van der Waals surface area contributed by atoms with Crippen LogP contribution in [0.3, 0.4) is 0 Å². The van der Waals surface area contributed by atoms with Crippen molar-refractivity contribution in [3.05, 3.63) is 35.4 Å². The van der Waals surface area contributed by atoms with E-state index in [1.165, 1.54) is 0 Å². The van der Waals surface area contributed by atoms with Crippen LogP contribution >= 0.6 is 0 Å². The zero-order chi connectivity index (χ0) is 11.5. The van der Waals surface area contributed by atoms with Gasteiger partial charge in [-0.3, -0.25) is 4.90 Å². The van der Waals surface area contributed by atoms with Crippen molar-refractivity contribution in [2.45, 2.75) is 19.5 Å². The van der Waals surface area contributed by atoms with E-state index in [-0.39, 0.29) is 6.04 Å². The molecule has 0 saturated carbocycles. The summed E-state index contributed by atoms with van der Waals surface area (Å²) < 4.78 is 31.8. The lowest BCUT2D eigenvalue weighted by atomic mass is 10.1. The summed E-state index contributed by atoms with van der Waals surface area (Å²) >= 11 is 0. The molecule has 1 aliphatic heterocycles. The summed E-state index contributed by atoms with van der Waals surface area (Å²) in [6.45, 7) is 4.53. The maximum absolute atomic E-state index is 13.5. The number of ether oxygens (including phenoxy) is 1. The first kappa shape index (κ1) is 11.5. The molecule has 0 N–H and O–H groups in total. The summed E-state index contributed by atoms with van der Waals surface area (Å²) in [5.41, 5.74) is 0.411. The molecule has 0 aliphatic carbocycles. The number of rotatable bonds is 2. The second-order valence-corrected chi connectivity index (χ2v) is 4.11. The number of hydrogen-bond donors (Lipinski definition) is 0. The zero-order valence-corrected chi connectivity index (χ0v) is 9.25. The van der Waals surface area contributed by atoms with Gasteiger partial charge in [-0.15, -0.1) is 0 Å².